The van der Waals surface area contributed by atoms with E-state index in [-0.39, 0.29) is 30.7 Å². The number of nitrogens with one attached hydrogen (secondary N) is 1. The quantitative estimate of drug-likeness (QED) is 0.191. The van der Waals surface area contributed by atoms with Gasteiger partial charge in [-0.3, -0.25) is 9.59 Å². The van der Waals surface area contributed by atoms with E-state index in [1.807, 2.05) is 91.0 Å². The molecule has 5 aromatic rings. The molecule has 1 heterocycles. The lowest BCUT2D eigenvalue weighted by Gasteiger charge is -2.13. The highest BCUT2D eigenvalue weighted by atomic mass is 16.5. The Bertz CT molecular complexity index is 1660. The van der Waals surface area contributed by atoms with Crippen LogP contribution >= 0.6 is 0 Å². The number of hydrogen-bond donors (Lipinski definition) is 2. The molecule has 41 heavy (non-hydrogen) atoms. The number of para-hydroxylation sites is 1. The van der Waals surface area contributed by atoms with Crippen molar-refractivity contribution in [2.45, 2.75) is 33.0 Å². The van der Waals surface area contributed by atoms with Crippen molar-refractivity contribution in [1.82, 2.24) is 5.32 Å². The van der Waals surface area contributed by atoms with Crippen LogP contribution in [0.15, 0.2) is 101 Å². The Balaban J connectivity index is 1.45. The van der Waals surface area contributed by atoms with Crippen LogP contribution in [0.2, 0.25) is 0 Å². The largest absolute Gasteiger partial charge is 0.489 e. The number of carbonyl (C=O) groups excluding carboxylic acids is 2. The summed E-state index contributed by atoms with van der Waals surface area (Å²) in [6.45, 7) is 3.16. The van der Waals surface area contributed by atoms with Gasteiger partial charge in [-0.1, -0.05) is 66.7 Å². The SMILES string of the molecule is CCOC(=O)Cc1ccccc1OCc1cc(-c2cccc(CN)c2)c2oc(C(=O)NCc3ccccc3)cc2c1. The maximum Gasteiger partial charge on any atom is 0.310 e. The van der Waals surface area contributed by atoms with Crippen molar-refractivity contribution in [2.24, 2.45) is 5.73 Å². The van der Waals surface area contributed by atoms with Crippen LogP contribution in [0, 0.1) is 0 Å². The summed E-state index contributed by atoms with van der Waals surface area (Å²) in [6, 6.07) is 30.8. The predicted molar refractivity (Wildman–Crippen MR) is 158 cm³/mol. The second-order valence-electron chi connectivity index (χ2n) is 9.62. The summed E-state index contributed by atoms with van der Waals surface area (Å²) in [7, 11) is 0. The van der Waals surface area contributed by atoms with Gasteiger partial charge in [-0.2, -0.15) is 0 Å². The van der Waals surface area contributed by atoms with Gasteiger partial charge >= 0.3 is 5.97 Å². The summed E-state index contributed by atoms with van der Waals surface area (Å²) in [5.74, 6) is 0.242. The minimum Gasteiger partial charge on any atom is -0.489 e. The minimum absolute atomic E-state index is 0.128. The molecule has 7 nitrogen and oxygen atoms in total. The molecule has 0 bridgehead atoms. The first kappa shape index (κ1) is 27.7. The number of ether oxygens (including phenoxy) is 2. The number of carbonyl (C=O) groups is 2. The van der Waals surface area contributed by atoms with Crippen molar-refractivity contribution in [3.8, 4) is 16.9 Å². The molecule has 0 radical (unpaired) electrons. The number of nitrogens with two attached hydrogens (primary N) is 1. The Labute approximate surface area is 238 Å². The molecule has 0 atom stereocenters. The first-order chi connectivity index (χ1) is 20.0. The number of hydrogen-bond acceptors (Lipinski definition) is 6. The van der Waals surface area contributed by atoms with E-state index in [2.05, 4.69) is 5.32 Å². The van der Waals surface area contributed by atoms with Crippen LogP contribution in [0.3, 0.4) is 0 Å². The normalized spacial score (nSPS) is 10.9. The molecule has 1 aromatic heterocycles. The van der Waals surface area contributed by atoms with Gasteiger partial charge in [-0.25, -0.2) is 0 Å². The maximum absolute atomic E-state index is 13.0. The van der Waals surface area contributed by atoms with E-state index in [0.717, 1.165) is 38.8 Å². The van der Waals surface area contributed by atoms with Gasteiger partial charge in [-0.15, -0.1) is 0 Å². The molecular formula is C34H32N2O5. The van der Waals surface area contributed by atoms with Crippen LogP contribution in [0.4, 0.5) is 0 Å². The molecule has 5 rings (SSSR count). The van der Waals surface area contributed by atoms with Gasteiger partial charge in [0.2, 0.25) is 0 Å². The van der Waals surface area contributed by atoms with Crippen LogP contribution in [0.1, 0.15) is 39.7 Å². The fraction of sp³-hybridized carbons (Fsp3) is 0.176. The molecule has 0 aliphatic rings. The Morgan fingerprint density at radius 3 is 2.44 bits per heavy atom. The second kappa shape index (κ2) is 13.0. The molecule has 0 fully saturated rings. The number of esters is 1. The van der Waals surface area contributed by atoms with Crippen LogP contribution in [-0.4, -0.2) is 18.5 Å². The average molecular weight is 549 g/mol. The third-order valence-electron chi connectivity index (χ3n) is 6.68. The lowest BCUT2D eigenvalue weighted by Crippen LogP contribution is -2.22. The van der Waals surface area contributed by atoms with Gasteiger partial charge in [-0.05, 0) is 59.5 Å². The molecule has 0 unspecified atom stereocenters. The van der Waals surface area contributed by atoms with Crippen molar-refractivity contribution in [2.75, 3.05) is 6.61 Å². The number of fused-ring (bicyclic) bond motifs is 1. The zero-order valence-electron chi connectivity index (χ0n) is 22.9. The van der Waals surface area contributed by atoms with Gasteiger partial charge in [0.1, 0.15) is 17.9 Å². The Kier molecular flexibility index (Phi) is 8.76. The molecule has 0 saturated heterocycles. The summed E-state index contributed by atoms with van der Waals surface area (Å²) < 4.78 is 17.4. The van der Waals surface area contributed by atoms with Gasteiger partial charge < -0.3 is 24.9 Å². The minimum atomic E-state index is -0.302. The summed E-state index contributed by atoms with van der Waals surface area (Å²) in [6.07, 6.45) is 0.128. The summed E-state index contributed by atoms with van der Waals surface area (Å²) in [5.41, 5.74) is 11.9. The van der Waals surface area contributed by atoms with Crippen LogP contribution in [0.5, 0.6) is 5.75 Å². The zero-order chi connectivity index (χ0) is 28.6. The first-order valence-corrected chi connectivity index (χ1v) is 13.6. The number of benzene rings is 4. The number of rotatable bonds is 11. The van der Waals surface area contributed by atoms with Crippen molar-refractivity contribution < 1.29 is 23.5 Å². The van der Waals surface area contributed by atoms with Gasteiger partial charge in [0, 0.05) is 29.6 Å². The van der Waals surface area contributed by atoms with Crippen LogP contribution in [-0.2, 0) is 35.6 Å². The lowest BCUT2D eigenvalue weighted by molar-refractivity contribution is -0.142. The topological polar surface area (TPSA) is 104 Å². The van der Waals surface area contributed by atoms with E-state index < -0.39 is 0 Å². The molecule has 3 N–H and O–H groups in total. The highest BCUT2D eigenvalue weighted by molar-refractivity contribution is 6.00. The zero-order valence-corrected chi connectivity index (χ0v) is 22.9. The summed E-state index contributed by atoms with van der Waals surface area (Å²) in [4.78, 5) is 25.1. The standard InChI is InChI=1S/C34H32N2O5/c1-2-39-32(37)19-27-12-6-7-14-30(27)40-22-25-16-28-18-31(34(38)36-21-23-9-4-3-5-10-23)41-33(28)29(17-25)26-13-8-11-24(15-26)20-35/h3-18H,2,19-22,35H2,1H3,(H,36,38). The van der Waals surface area contributed by atoms with Gasteiger partial charge in [0.15, 0.2) is 5.76 Å². The average Bonchev–Trinajstić information content (AvgIpc) is 3.44. The first-order valence-electron chi connectivity index (χ1n) is 13.6. The van der Waals surface area contributed by atoms with Crippen LogP contribution < -0.4 is 15.8 Å². The maximum atomic E-state index is 13.0. The molecule has 0 saturated carbocycles. The van der Waals surface area contributed by atoms with Gasteiger partial charge in [0.05, 0.1) is 13.0 Å². The van der Waals surface area contributed by atoms with E-state index in [9.17, 15) is 9.59 Å². The highest BCUT2D eigenvalue weighted by Crippen LogP contribution is 2.34. The van der Waals surface area contributed by atoms with E-state index in [1.165, 1.54) is 0 Å². The van der Waals surface area contributed by atoms with E-state index in [0.29, 0.717) is 31.0 Å². The molecule has 4 aromatic carbocycles. The highest BCUT2D eigenvalue weighted by Gasteiger charge is 2.18. The van der Waals surface area contributed by atoms with Crippen LogP contribution in [0.25, 0.3) is 22.1 Å². The lowest BCUT2D eigenvalue weighted by atomic mass is 9.99. The summed E-state index contributed by atoms with van der Waals surface area (Å²) in [5, 5.41) is 3.72. The molecular weight excluding hydrogens is 516 g/mol. The van der Waals surface area contributed by atoms with E-state index in [1.54, 1.807) is 13.0 Å². The van der Waals surface area contributed by atoms with Crippen molar-refractivity contribution in [1.29, 1.82) is 0 Å². The summed E-state index contributed by atoms with van der Waals surface area (Å²) >= 11 is 0. The Morgan fingerprint density at radius 1 is 0.854 bits per heavy atom. The Morgan fingerprint density at radius 2 is 1.63 bits per heavy atom. The number of furan rings is 1. The number of amides is 1. The Hall–Kier alpha value is -4.88. The molecule has 0 spiro atoms. The van der Waals surface area contributed by atoms with Crippen molar-refractivity contribution in [3.05, 3.63) is 125 Å². The third kappa shape index (κ3) is 6.83. The smallest absolute Gasteiger partial charge is 0.310 e. The van der Waals surface area contributed by atoms with Crippen molar-refractivity contribution in [3.63, 3.8) is 0 Å². The molecule has 208 valence electrons. The predicted octanol–water partition coefficient (Wildman–Crippen LogP) is 6.17. The third-order valence-corrected chi connectivity index (χ3v) is 6.68. The molecule has 0 aliphatic carbocycles. The fourth-order valence-electron chi connectivity index (χ4n) is 4.68. The molecule has 7 heteroatoms. The van der Waals surface area contributed by atoms with Gasteiger partial charge in [0.25, 0.3) is 5.91 Å². The fourth-order valence-corrected chi connectivity index (χ4v) is 4.68. The monoisotopic (exact) mass is 548 g/mol. The molecule has 1 amide bonds. The molecule has 0 aliphatic heterocycles. The van der Waals surface area contributed by atoms with Crippen molar-refractivity contribution >= 4 is 22.8 Å². The van der Waals surface area contributed by atoms with E-state index in [4.69, 9.17) is 19.6 Å². The van der Waals surface area contributed by atoms with E-state index >= 15 is 0 Å². The second-order valence-corrected chi connectivity index (χ2v) is 9.62.